The monoisotopic (exact) mass is 241 g/mol. The van der Waals surface area contributed by atoms with E-state index in [2.05, 4.69) is 4.98 Å². The Kier molecular flexibility index (Phi) is 3.72. The van der Waals surface area contributed by atoms with E-state index in [0.29, 0.717) is 17.9 Å². The van der Waals surface area contributed by atoms with Crippen molar-refractivity contribution < 1.29 is 9.53 Å². The van der Waals surface area contributed by atoms with Gasteiger partial charge in [-0.2, -0.15) is 0 Å². The average Bonchev–Trinajstić information content (AvgIpc) is 2.37. The lowest BCUT2D eigenvalue weighted by Gasteiger charge is -2.11. The summed E-state index contributed by atoms with van der Waals surface area (Å²) >= 11 is 0. The van der Waals surface area contributed by atoms with Gasteiger partial charge in [0.25, 0.3) is 0 Å². The topological polar surface area (TPSA) is 39.2 Å². The molecule has 0 fully saturated rings. The van der Waals surface area contributed by atoms with Gasteiger partial charge in [0, 0.05) is 18.0 Å². The number of pyridine rings is 1. The third-order valence-corrected chi connectivity index (χ3v) is 2.68. The largest absolute Gasteiger partial charge is 0.488 e. The predicted molar refractivity (Wildman–Crippen MR) is 69.9 cm³/mol. The molecule has 1 aromatic heterocycles. The summed E-state index contributed by atoms with van der Waals surface area (Å²) in [6.45, 7) is 4.33. The fraction of sp³-hybridized carbons (Fsp3) is 0.200. The minimum absolute atomic E-state index is 0.417. The molecule has 0 bridgehead atoms. The van der Waals surface area contributed by atoms with Crippen LogP contribution in [0.4, 0.5) is 0 Å². The zero-order valence-electron chi connectivity index (χ0n) is 10.5. The van der Waals surface area contributed by atoms with E-state index in [1.165, 1.54) is 0 Å². The second kappa shape index (κ2) is 5.45. The Labute approximate surface area is 106 Å². The minimum Gasteiger partial charge on any atom is -0.488 e. The third kappa shape index (κ3) is 2.74. The molecule has 0 N–H and O–H groups in total. The minimum atomic E-state index is 0.417. The highest BCUT2D eigenvalue weighted by Gasteiger charge is 2.06. The second-order valence-electron chi connectivity index (χ2n) is 4.27. The third-order valence-electron chi connectivity index (χ3n) is 2.68. The second-order valence-corrected chi connectivity index (χ2v) is 4.27. The molecule has 18 heavy (non-hydrogen) atoms. The van der Waals surface area contributed by atoms with Crippen molar-refractivity contribution in [1.29, 1.82) is 0 Å². The maximum absolute atomic E-state index is 11.0. The average molecular weight is 241 g/mol. The van der Waals surface area contributed by atoms with Gasteiger partial charge in [-0.1, -0.05) is 12.1 Å². The SMILES string of the molecule is Cc1cncc(COc2c(C)cccc2C=O)c1. The number of rotatable bonds is 4. The van der Waals surface area contributed by atoms with Crippen LogP contribution in [0.3, 0.4) is 0 Å². The number of hydrogen-bond donors (Lipinski definition) is 0. The summed E-state index contributed by atoms with van der Waals surface area (Å²) in [7, 11) is 0. The van der Waals surface area contributed by atoms with Crippen LogP contribution in [-0.4, -0.2) is 11.3 Å². The Morgan fingerprint density at radius 2 is 2.11 bits per heavy atom. The van der Waals surface area contributed by atoms with Gasteiger partial charge in [0.1, 0.15) is 12.4 Å². The van der Waals surface area contributed by atoms with Crippen molar-refractivity contribution in [2.24, 2.45) is 0 Å². The van der Waals surface area contributed by atoms with Crippen LogP contribution in [0.5, 0.6) is 5.75 Å². The molecule has 0 aliphatic rings. The lowest BCUT2D eigenvalue weighted by atomic mass is 10.1. The molecule has 0 amide bonds. The lowest BCUT2D eigenvalue weighted by Crippen LogP contribution is -2.00. The molecule has 2 aromatic rings. The van der Waals surface area contributed by atoms with Gasteiger partial charge < -0.3 is 4.74 Å². The summed E-state index contributed by atoms with van der Waals surface area (Å²) in [5.41, 5.74) is 3.63. The van der Waals surface area contributed by atoms with E-state index in [9.17, 15) is 4.79 Å². The predicted octanol–water partition coefficient (Wildman–Crippen LogP) is 3.09. The molecule has 2 rings (SSSR count). The summed E-state index contributed by atoms with van der Waals surface area (Å²) in [4.78, 5) is 15.1. The highest BCUT2D eigenvalue weighted by molar-refractivity contribution is 5.80. The van der Waals surface area contributed by atoms with Gasteiger partial charge in [0.05, 0.1) is 5.56 Å². The van der Waals surface area contributed by atoms with Gasteiger partial charge in [0.15, 0.2) is 6.29 Å². The van der Waals surface area contributed by atoms with Crippen LogP contribution in [-0.2, 0) is 6.61 Å². The Morgan fingerprint density at radius 3 is 2.83 bits per heavy atom. The number of nitrogens with zero attached hydrogens (tertiary/aromatic N) is 1. The molecule has 0 atom stereocenters. The number of hydrogen-bond acceptors (Lipinski definition) is 3. The highest BCUT2D eigenvalue weighted by atomic mass is 16.5. The van der Waals surface area contributed by atoms with Crippen molar-refractivity contribution in [2.75, 3.05) is 0 Å². The smallest absolute Gasteiger partial charge is 0.153 e. The van der Waals surface area contributed by atoms with Crippen molar-refractivity contribution in [3.05, 3.63) is 58.9 Å². The molecule has 92 valence electrons. The Balaban J connectivity index is 2.18. The molecular weight excluding hydrogens is 226 g/mol. The normalized spacial score (nSPS) is 10.1. The van der Waals surface area contributed by atoms with E-state index < -0.39 is 0 Å². The highest BCUT2D eigenvalue weighted by Crippen LogP contribution is 2.22. The van der Waals surface area contributed by atoms with Gasteiger partial charge >= 0.3 is 0 Å². The van der Waals surface area contributed by atoms with Crippen molar-refractivity contribution in [2.45, 2.75) is 20.5 Å². The van der Waals surface area contributed by atoms with E-state index in [1.54, 1.807) is 18.5 Å². The molecule has 0 radical (unpaired) electrons. The van der Waals surface area contributed by atoms with Gasteiger partial charge in [-0.05, 0) is 37.1 Å². The Morgan fingerprint density at radius 1 is 1.28 bits per heavy atom. The first kappa shape index (κ1) is 12.3. The number of aromatic nitrogens is 1. The summed E-state index contributed by atoms with van der Waals surface area (Å²) in [6.07, 6.45) is 4.39. The zero-order valence-corrected chi connectivity index (χ0v) is 10.5. The van der Waals surface area contributed by atoms with Gasteiger partial charge in [-0.25, -0.2) is 0 Å². The van der Waals surface area contributed by atoms with Crippen molar-refractivity contribution in [3.63, 3.8) is 0 Å². The maximum Gasteiger partial charge on any atom is 0.153 e. The number of aryl methyl sites for hydroxylation is 2. The van der Waals surface area contributed by atoms with E-state index in [0.717, 1.165) is 23.0 Å². The number of carbonyl (C=O) groups excluding carboxylic acids is 1. The zero-order chi connectivity index (χ0) is 13.0. The van der Waals surface area contributed by atoms with Crippen LogP contribution in [0.25, 0.3) is 0 Å². The fourth-order valence-electron chi connectivity index (χ4n) is 1.82. The van der Waals surface area contributed by atoms with Crippen molar-refractivity contribution in [1.82, 2.24) is 4.98 Å². The molecule has 0 aliphatic carbocycles. The van der Waals surface area contributed by atoms with E-state index in [-0.39, 0.29) is 0 Å². The van der Waals surface area contributed by atoms with Crippen LogP contribution in [0.15, 0.2) is 36.7 Å². The number of aldehydes is 1. The van der Waals surface area contributed by atoms with Gasteiger partial charge in [-0.15, -0.1) is 0 Å². The summed E-state index contributed by atoms with van der Waals surface area (Å²) in [5.74, 6) is 0.647. The molecule has 0 aliphatic heterocycles. The standard InChI is InChI=1S/C15H15NO2/c1-11-6-13(8-16-7-11)10-18-15-12(2)4-3-5-14(15)9-17/h3-9H,10H2,1-2H3. The number of ether oxygens (including phenoxy) is 1. The van der Waals surface area contributed by atoms with Crippen LogP contribution in [0, 0.1) is 13.8 Å². The molecule has 3 nitrogen and oxygen atoms in total. The van der Waals surface area contributed by atoms with Crippen LogP contribution < -0.4 is 4.74 Å². The molecular formula is C15H15NO2. The molecule has 0 spiro atoms. The Hall–Kier alpha value is -2.16. The molecule has 1 heterocycles. The van der Waals surface area contributed by atoms with Crippen LogP contribution in [0.1, 0.15) is 27.0 Å². The lowest BCUT2D eigenvalue weighted by molar-refractivity contribution is 0.111. The van der Waals surface area contributed by atoms with Crippen LogP contribution in [0.2, 0.25) is 0 Å². The Bertz CT molecular complexity index is 564. The molecule has 1 aromatic carbocycles. The van der Waals surface area contributed by atoms with Gasteiger partial charge in [0.2, 0.25) is 0 Å². The summed E-state index contributed by atoms with van der Waals surface area (Å²) in [5, 5.41) is 0. The van der Waals surface area contributed by atoms with E-state index >= 15 is 0 Å². The van der Waals surface area contributed by atoms with Gasteiger partial charge in [-0.3, -0.25) is 9.78 Å². The molecule has 3 heteroatoms. The molecule has 0 unspecified atom stereocenters. The van der Waals surface area contributed by atoms with E-state index in [1.807, 2.05) is 32.0 Å². The number of carbonyl (C=O) groups is 1. The first-order valence-electron chi connectivity index (χ1n) is 5.79. The maximum atomic E-state index is 11.0. The first-order chi connectivity index (χ1) is 8.70. The summed E-state index contributed by atoms with van der Waals surface area (Å²) < 4.78 is 5.73. The first-order valence-corrected chi connectivity index (χ1v) is 5.79. The number of benzene rings is 1. The molecule has 0 saturated heterocycles. The molecule has 0 saturated carbocycles. The van der Waals surface area contributed by atoms with E-state index in [4.69, 9.17) is 4.74 Å². The van der Waals surface area contributed by atoms with Crippen molar-refractivity contribution >= 4 is 6.29 Å². The summed E-state index contributed by atoms with van der Waals surface area (Å²) in [6, 6.07) is 7.55. The quantitative estimate of drug-likeness (QED) is 0.772. The number of para-hydroxylation sites is 1. The van der Waals surface area contributed by atoms with Crippen molar-refractivity contribution in [3.8, 4) is 5.75 Å². The van der Waals surface area contributed by atoms with Crippen LogP contribution >= 0.6 is 0 Å². The fourth-order valence-corrected chi connectivity index (χ4v) is 1.82.